The van der Waals surface area contributed by atoms with Gasteiger partial charge >= 0.3 is 0 Å². The highest BCUT2D eigenvalue weighted by molar-refractivity contribution is 5.75. The zero-order valence-corrected chi connectivity index (χ0v) is 12.3. The first-order chi connectivity index (χ1) is 8.88. The van der Waals surface area contributed by atoms with Gasteiger partial charge in [-0.15, -0.1) is 0 Å². The molecule has 0 fully saturated rings. The van der Waals surface area contributed by atoms with Gasteiger partial charge in [-0.25, -0.2) is 4.99 Å². The number of rotatable bonds is 6. The predicted octanol–water partition coefficient (Wildman–Crippen LogP) is 2.58. The highest BCUT2D eigenvalue weighted by Gasteiger charge is 2.10. The van der Waals surface area contributed by atoms with Crippen LogP contribution in [0.15, 0.2) is 23.2 Å². The molecule has 4 heteroatoms. The van der Waals surface area contributed by atoms with Crippen LogP contribution >= 0.6 is 0 Å². The van der Waals surface area contributed by atoms with E-state index in [0.717, 1.165) is 17.7 Å². The topological polar surface area (TPSA) is 73.6 Å². The minimum Gasteiger partial charge on any atom is -0.490 e. The molecule has 19 heavy (non-hydrogen) atoms. The number of guanidine groups is 1. The van der Waals surface area contributed by atoms with E-state index < -0.39 is 0 Å². The second kappa shape index (κ2) is 7.02. The van der Waals surface area contributed by atoms with Gasteiger partial charge in [0.2, 0.25) is 0 Å². The lowest BCUT2D eigenvalue weighted by Crippen LogP contribution is -2.22. The number of nitrogens with two attached hydrogens (primary N) is 2. The number of hydrogen-bond donors (Lipinski definition) is 2. The lowest BCUT2D eigenvalue weighted by atomic mass is 10.1. The molecule has 0 heterocycles. The molecule has 1 rings (SSSR count). The van der Waals surface area contributed by atoms with Crippen molar-refractivity contribution in [2.24, 2.45) is 22.4 Å². The number of ether oxygens (including phenoxy) is 1. The lowest BCUT2D eigenvalue weighted by molar-refractivity contribution is 0.191. The van der Waals surface area contributed by atoms with Crippen LogP contribution in [0.1, 0.15) is 38.3 Å². The number of aliphatic imine (C=N–C) groups is 1. The molecule has 106 valence electrons. The van der Waals surface area contributed by atoms with Crippen LogP contribution in [0, 0.1) is 12.8 Å². The Hall–Kier alpha value is -1.71. The lowest BCUT2D eigenvalue weighted by Gasteiger charge is -2.19. The van der Waals surface area contributed by atoms with Crippen molar-refractivity contribution in [3.8, 4) is 5.75 Å². The Morgan fingerprint density at radius 1 is 1.26 bits per heavy atom. The van der Waals surface area contributed by atoms with E-state index in [2.05, 4.69) is 25.8 Å². The molecule has 0 aliphatic rings. The molecule has 4 nitrogen and oxygen atoms in total. The summed E-state index contributed by atoms with van der Waals surface area (Å²) in [5.74, 6) is 1.58. The van der Waals surface area contributed by atoms with E-state index >= 15 is 0 Å². The molecule has 0 aliphatic heterocycles. The van der Waals surface area contributed by atoms with Crippen molar-refractivity contribution in [3.05, 3.63) is 29.3 Å². The van der Waals surface area contributed by atoms with Gasteiger partial charge in [-0.2, -0.15) is 0 Å². The molecule has 0 aromatic heterocycles. The molecule has 0 radical (unpaired) electrons. The number of aryl methyl sites for hydroxylation is 1. The van der Waals surface area contributed by atoms with Crippen molar-refractivity contribution < 1.29 is 4.74 Å². The van der Waals surface area contributed by atoms with E-state index in [1.807, 2.05) is 25.1 Å². The van der Waals surface area contributed by atoms with Gasteiger partial charge in [-0.05, 0) is 37.8 Å². The molecular formula is C15H25N3O. The Balaban J connectivity index is 2.84. The fourth-order valence-electron chi connectivity index (χ4n) is 2.01. The minimum atomic E-state index is 0.0988. The molecular weight excluding hydrogens is 238 g/mol. The summed E-state index contributed by atoms with van der Waals surface area (Å²) in [6.07, 6.45) is 1.20. The summed E-state index contributed by atoms with van der Waals surface area (Å²) in [4.78, 5) is 4.05. The smallest absolute Gasteiger partial charge is 0.186 e. The third-order valence-electron chi connectivity index (χ3n) is 2.79. The minimum absolute atomic E-state index is 0.0988. The highest BCUT2D eigenvalue weighted by atomic mass is 16.5. The van der Waals surface area contributed by atoms with Crippen LogP contribution in [0.5, 0.6) is 5.75 Å². The molecule has 4 N–H and O–H groups in total. The Kier molecular flexibility index (Phi) is 5.67. The van der Waals surface area contributed by atoms with Crippen LogP contribution in [0.25, 0.3) is 0 Å². The summed E-state index contributed by atoms with van der Waals surface area (Å²) in [6.45, 7) is 8.97. The van der Waals surface area contributed by atoms with Gasteiger partial charge in [0.05, 0.1) is 12.6 Å². The summed E-state index contributed by atoms with van der Waals surface area (Å²) >= 11 is 0. The molecule has 1 atom stereocenters. The zero-order valence-electron chi connectivity index (χ0n) is 12.3. The monoisotopic (exact) mass is 263 g/mol. The van der Waals surface area contributed by atoms with Crippen LogP contribution in [-0.4, -0.2) is 12.1 Å². The van der Waals surface area contributed by atoms with Crippen LogP contribution in [0.2, 0.25) is 0 Å². The summed E-state index contributed by atoms with van der Waals surface area (Å²) in [6, 6.07) is 6.09. The molecule has 0 spiro atoms. The standard InChI is InChI=1S/C15H25N3O/c1-10(2)7-12(4)19-14-8-11(3)5-6-13(14)9-18-15(16)17/h5-6,8,10,12H,7,9H2,1-4H3,(H4,16,17,18). The first kappa shape index (κ1) is 15.3. The molecule has 1 aromatic carbocycles. The molecule has 0 bridgehead atoms. The number of benzene rings is 1. The summed E-state index contributed by atoms with van der Waals surface area (Å²) in [7, 11) is 0. The average Bonchev–Trinajstić information content (AvgIpc) is 2.26. The summed E-state index contributed by atoms with van der Waals surface area (Å²) in [5, 5.41) is 0. The van der Waals surface area contributed by atoms with E-state index in [1.165, 1.54) is 5.56 Å². The third-order valence-corrected chi connectivity index (χ3v) is 2.79. The van der Waals surface area contributed by atoms with Crippen LogP contribution < -0.4 is 16.2 Å². The van der Waals surface area contributed by atoms with Crippen LogP contribution in [0.3, 0.4) is 0 Å². The van der Waals surface area contributed by atoms with Gasteiger partial charge in [-0.3, -0.25) is 0 Å². The largest absolute Gasteiger partial charge is 0.490 e. The van der Waals surface area contributed by atoms with Gasteiger partial charge in [0.15, 0.2) is 5.96 Å². The van der Waals surface area contributed by atoms with Crippen molar-refractivity contribution in [3.63, 3.8) is 0 Å². The Morgan fingerprint density at radius 2 is 1.95 bits per heavy atom. The maximum Gasteiger partial charge on any atom is 0.186 e. The van der Waals surface area contributed by atoms with E-state index in [4.69, 9.17) is 16.2 Å². The average molecular weight is 263 g/mol. The first-order valence-electron chi connectivity index (χ1n) is 6.70. The molecule has 0 aliphatic carbocycles. The second-order valence-corrected chi connectivity index (χ2v) is 5.41. The van der Waals surface area contributed by atoms with Crippen LogP contribution in [0.4, 0.5) is 0 Å². The normalized spacial score (nSPS) is 12.3. The number of hydrogen-bond acceptors (Lipinski definition) is 2. The van der Waals surface area contributed by atoms with Crippen molar-refractivity contribution in [1.82, 2.24) is 0 Å². The molecule has 1 unspecified atom stereocenters. The SMILES string of the molecule is Cc1ccc(CN=C(N)N)c(OC(C)CC(C)C)c1. The van der Waals surface area contributed by atoms with Crippen molar-refractivity contribution in [2.75, 3.05) is 0 Å². The second-order valence-electron chi connectivity index (χ2n) is 5.41. The van der Waals surface area contributed by atoms with Gasteiger partial charge in [0.25, 0.3) is 0 Å². The van der Waals surface area contributed by atoms with E-state index in [0.29, 0.717) is 12.5 Å². The molecule has 1 aromatic rings. The first-order valence-corrected chi connectivity index (χ1v) is 6.70. The van der Waals surface area contributed by atoms with E-state index in [-0.39, 0.29) is 12.1 Å². The van der Waals surface area contributed by atoms with Gasteiger partial charge < -0.3 is 16.2 Å². The summed E-state index contributed by atoms with van der Waals surface area (Å²) in [5.41, 5.74) is 12.9. The Bertz CT molecular complexity index is 437. The Morgan fingerprint density at radius 3 is 2.53 bits per heavy atom. The van der Waals surface area contributed by atoms with Gasteiger partial charge in [-0.1, -0.05) is 26.0 Å². The number of nitrogens with zero attached hydrogens (tertiary/aromatic N) is 1. The molecule has 0 saturated carbocycles. The fourth-order valence-corrected chi connectivity index (χ4v) is 2.01. The highest BCUT2D eigenvalue weighted by Crippen LogP contribution is 2.24. The maximum atomic E-state index is 6.02. The Labute approximate surface area is 115 Å². The molecule has 0 saturated heterocycles. The van der Waals surface area contributed by atoms with E-state index in [9.17, 15) is 0 Å². The third kappa shape index (κ3) is 5.64. The van der Waals surface area contributed by atoms with Gasteiger partial charge in [0, 0.05) is 5.56 Å². The maximum absolute atomic E-state index is 6.02. The summed E-state index contributed by atoms with van der Waals surface area (Å²) < 4.78 is 6.02. The van der Waals surface area contributed by atoms with Crippen molar-refractivity contribution >= 4 is 5.96 Å². The van der Waals surface area contributed by atoms with Gasteiger partial charge in [0.1, 0.15) is 5.75 Å². The zero-order chi connectivity index (χ0) is 14.4. The fraction of sp³-hybridized carbons (Fsp3) is 0.533. The van der Waals surface area contributed by atoms with Crippen LogP contribution in [-0.2, 0) is 6.54 Å². The van der Waals surface area contributed by atoms with E-state index in [1.54, 1.807) is 0 Å². The molecule has 0 amide bonds. The predicted molar refractivity (Wildman–Crippen MR) is 80.2 cm³/mol. The van der Waals surface area contributed by atoms with Crippen molar-refractivity contribution in [1.29, 1.82) is 0 Å². The quantitative estimate of drug-likeness (QED) is 0.612. The van der Waals surface area contributed by atoms with Crippen molar-refractivity contribution in [2.45, 2.75) is 46.8 Å².